The molecule has 4 rings (SSSR count). The summed E-state index contributed by atoms with van der Waals surface area (Å²) in [6.45, 7) is 0. The monoisotopic (exact) mass is 447 g/mol. The Labute approximate surface area is 180 Å². The molecule has 30 heavy (non-hydrogen) atoms. The van der Waals surface area contributed by atoms with E-state index < -0.39 is 23.1 Å². The van der Waals surface area contributed by atoms with Gasteiger partial charge in [-0.05, 0) is 29.3 Å². The van der Waals surface area contributed by atoms with E-state index in [4.69, 9.17) is 11.6 Å². The number of nitrogens with zero attached hydrogens (tertiary/aromatic N) is 2. The normalized spacial score (nSPS) is 15.6. The summed E-state index contributed by atoms with van der Waals surface area (Å²) < 4.78 is 29.8. The Morgan fingerprint density at radius 1 is 1.20 bits per heavy atom. The van der Waals surface area contributed by atoms with E-state index in [0.29, 0.717) is 15.9 Å². The van der Waals surface area contributed by atoms with E-state index in [2.05, 4.69) is 10.3 Å². The van der Waals surface area contributed by atoms with E-state index in [9.17, 15) is 18.4 Å². The number of amides is 1. The average Bonchev–Trinajstić information content (AvgIpc) is 2.72. The number of nitrogens with one attached hydrogen (secondary N) is 1. The number of thioether (sulfide) groups is 1. The lowest BCUT2D eigenvalue weighted by molar-refractivity contribution is -0.116. The molecule has 1 atom stereocenters. The van der Waals surface area contributed by atoms with Gasteiger partial charge in [0.1, 0.15) is 5.82 Å². The van der Waals surface area contributed by atoms with E-state index in [-0.39, 0.29) is 29.3 Å². The minimum atomic E-state index is -1.06. The largest absolute Gasteiger partial charge is 0.312 e. The van der Waals surface area contributed by atoms with Crippen LogP contribution in [0.2, 0.25) is 5.02 Å². The summed E-state index contributed by atoms with van der Waals surface area (Å²) in [5.74, 6) is -2.60. The lowest BCUT2D eigenvalue weighted by Gasteiger charge is -2.27. The van der Waals surface area contributed by atoms with E-state index >= 15 is 0 Å². The van der Waals surface area contributed by atoms with Gasteiger partial charge in [0.15, 0.2) is 16.8 Å². The number of hydrogen-bond acceptors (Lipinski definition) is 4. The molecule has 0 saturated carbocycles. The van der Waals surface area contributed by atoms with Crippen LogP contribution in [0.15, 0.2) is 52.4 Å². The third-order valence-corrected chi connectivity index (χ3v) is 6.29. The number of benzene rings is 2. The molecule has 1 aliphatic rings. The molecular weight excluding hydrogens is 432 g/mol. The third-order valence-electron chi connectivity index (χ3n) is 4.94. The van der Waals surface area contributed by atoms with Crippen molar-refractivity contribution in [1.29, 1.82) is 0 Å². The Bertz CT molecular complexity index is 1200. The Hall–Kier alpha value is -2.71. The van der Waals surface area contributed by atoms with Crippen LogP contribution in [0.5, 0.6) is 0 Å². The first-order chi connectivity index (χ1) is 14.3. The van der Waals surface area contributed by atoms with Gasteiger partial charge in [-0.15, -0.1) is 0 Å². The lowest BCUT2D eigenvalue weighted by Crippen LogP contribution is -2.34. The minimum Gasteiger partial charge on any atom is -0.312 e. The molecule has 0 bridgehead atoms. The number of halogens is 3. The van der Waals surface area contributed by atoms with Gasteiger partial charge >= 0.3 is 0 Å². The van der Waals surface area contributed by atoms with Gasteiger partial charge in [-0.1, -0.05) is 47.6 Å². The number of aromatic nitrogens is 2. The van der Waals surface area contributed by atoms with E-state index in [1.807, 2.05) is 12.1 Å². The molecule has 0 saturated heterocycles. The maximum atomic E-state index is 14.4. The quantitative estimate of drug-likeness (QED) is 0.473. The van der Waals surface area contributed by atoms with Crippen molar-refractivity contribution >= 4 is 35.1 Å². The Morgan fingerprint density at radius 2 is 1.93 bits per heavy atom. The summed E-state index contributed by atoms with van der Waals surface area (Å²) in [6.07, 6.45) is -0.165. The van der Waals surface area contributed by atoms with Crippen molar-refractivity contribution in [2.24, 2.45) is 7.05 Å². The Balaban J connectivity index is 1.74. The molecule has 2 heterocycles. The molecule has 1 aromatic heterocycles. The van der Waals surface area contributed by atoms with Gasteiger partial charge in [0.2, 0.25) is 5.91 Å². The maximum absolute atomic E-state index is 14.4. The highest BCUT2D eigenvalue weighted by Crippen LogP contribution is 2.37. The molecule has 9 heteroatoms. The molecule has 0 aliphatic carbocycles. The second-order valence-corrected chi connectivity index (χ2v) is 8.26. The zero-order valence-corrected chi connectivity index (χ0v) is 17.4. The highest BCUT2D eigenvalue weighted by atomic mass is 35.5. The lowest BCUT2D eigenvalue weighted by atomic mass is 9.86. The molecule has 3 aromatic rings. The maximum Gasteiger partial charge on any atom is 0.279 e. The van der Waals surface area contributed by atoms with E-state index in [0.717, 1.165) is 11.6 Å². The van der Waals surface area contributed by atoms with E-state index in [1.165, 1.54) is 23.9 Å². The van der Waals surface area contributed by atoms with Crippen LogP contribution in [0.4, 0.5) is 14.6 Å². The molecule has 154 valence electrons. The number of hydrogen-bond donors (Lipinski definition) is 1. The van der Waals surface area contributed by atoms with Crippen LogP contribution in [-0.4, -0.2) is 15.5 Å². The van der Waals surface area contributed by atoms with Crippen molar-refractivity contribution in [2.75, 3.05) is 5.32 Å². The Kier molecular flexibility index (Phi) is 5.62. The van der Waals surface area contributed by atoms with Gasteiger partial charge in [-0.3, -0.25) is 9.59 Å². The van der Waals surface area contributed by atoms with Gasteiger partial charge in [-0.25, -0.2) is 8.78 Å². The van der Waals surface area contributed by atoms with Gasteiger partial charge in [0, 0.05) is 30.2 Å². The second kappa shape index (κ2) is 8.20. The van der Waals surface area contributed by atoms with Crippen LogP contribution in [0.3, 0.4) is 0 Å². The van der Waals surface area contributed by atoms with Crippen molar-refractivity contribution in [3.05, 3.63) is 86.2 Å². The van der Waals surface area contributed by atoms with E-state index in [1.54, 1.807) is 23.7 Å². The summed E-state index contributed by atoms with van der Waals surface area (Å²) in [5, 5.41) is 3.71. The fourth-order valence-corrected chi connectivity index (χ4v) is 4.49. The third kappa shape index (κ3) is 3.85. The molecular formula is C21H16ClF2N3O2S. The van der Waals surface area contributed by atoms with Gasteiger partial charge < -0.3 is 9.88 Å². The van der Waals surface area contributed by atoms with Crippen molar-refractivity contribution in [3.8, 4) is 0 Å². The predicted octanol–water partition coefficient (Wildman–Crippen LogP) is 4.48. The number of fused-ring (bicyclic) bond motifs is 1. The Morgan fingerprint density at radius 3 is 2.67 bits per heavy atom. The minimum absolute atomic E-state index is 0.0356. The molecule has 0 radical (unpaired) electrons. The van der Waals surface area contributed by atoms with Gasteiger partial charge in [0.05, 0.1) is 5.56 Å². The van der Waals surface area contributed by atoms with Crippen LogP contribution in [0.1, 0.15) is 29.0 Å². The SMILES string of the molecule is Cn1c(SCc2ccc(Cl)cc2)nc(=O)c2c1NC(=O)C[C@H]2c1cccc(F)c1F. The molecule has 1 N–H and O–H groups in total. The first-order valence-electron chi connectivity index (χ1n) is 9.07. The van der Waals surface area contributed by atoms with Crippen LogP contribution in [0.25, 0.3) is 0 Å². The van der Waals surface area contributed by atoms with Crippen LogP contribution in [0, 0.1) is 11.6 Å². The van der Waals surface area contributed by atoms with Gasteiger partial charge in [-0.2, -0.15) is 4.98 Å². The predicted molar refractivity (Wildman–Crippen MR) is 112 cm³/mol. The van der Waals surface area contributed by atoms with Crippen LogP contribution < -0.4 is 10.9 Å². The zero-order valence-electron chi connectivity index (χ0n) is 15.8. The smallest absolute Gasteiger partial charge is 0.279 e. The molecule has 2 aromatic carbocycles. The number of carbonyl (C=O) groups is 1. The van der Waals surface area contributed by atoms with Crippen molar-refractivity contribution < 1.29 is 13.6 Å². The van der Waals surface area contributed by atoms with Crippen molar-refractivity contribution in [2.45, 2.75) is 23.2 Å². The zero-order chi connectivity index (χ0) is 21.4. The summed E-state index contributed by atoms with van der Waals surface area (Å²) in [4.78, 5) is 29.3. The van der Waals surface area contributed by atoms with Crippen LogP contribution >= 0.6 is 23.4 Å². The fourth-order valence-electron chi connectivity index (χ4n) is 3.45. The highest BCUT2D eigenvalue weighted by Gasteiger charge is 2.34. The second-order valence-electron chi connectivity index (χ2n) is 6.88. The summed E-state index contributed by atoms with van der Waals surface area (Å²) in [5.41, 5.74) is 0.527. The summed E-state index contributed by atoms with van der Waals surface area (Å²) in [7, 11) is 1.67. The number of carbonyl (C=O) groups excluding carboxylic acids is 1. The molecule has 0 spiro atoms. The first-order valence-corrected chi connectivity index (χ1v) is 10.4. The highest BCUT2D eigenvalue weighted by molar-refractivity contribution is 7.98. The first kappa shape index (κ1) is 20.6. The standard InChI is InChI=1S/C21H16ClF2N3O2S/c1-27-19-17(14(9-16(28)25-19)13-3-2-4-15(23)18(13)24)20(29)26-21(27)30-10-11-5-7-12(22)8-6-11/h2-8,14H,9-10H2,1H3,(H,25,28)/t14-/m0/s1. The molecule has 5 nitrogen and oxygen atoms in total. The van der Waals surface area contributed by atoms with Crippen molar-refractivity contribution in [3.63, 3.8) is 0 Å². The summed E-state index contributed by atoms with van der Waals surface area (Å²) >= 11 is 7.22. The molecule has 0 fully saturated rings. The van der Waals surface area contributed by atoms with Gasteiger partial charge in [0.25, 0.3) is 5.56 Å². The number of anilines is 1. The molecule has 1 amide bonds. The topological polar surface area (TPSA) is 64.0 Å². The molecule has 0 unspecified atom stereocenters. The summed E-state index contributed by atoms with van der Waals surface area (Å²) in [6, 6.07) is 11.0. The average molecular weight is 448 g/mol. The van der Waals surface area contributed by atoms with Crippen molar-refractivity contribution in [1.82, 2.24) is 9.55 Å². The fraction of sp³-hybridized carbons (Fsp3) is 0.190. The van der Waals surface area contributed by atoms with Crippen LogP contribution in [-0.2, 0) is 17.6 Å². The number of rotatable bonds is 4. The molecule has 1 aliphatic heterocycles.